The fourth-order valence-electron chi connectivity index (χ4n) is 2.74. The molecule has 2 nitrogen and oxygen atoms in total. The van der Waals surface area contributed by atoms with Gasteiger partial charge in [-0.05, 0) is 38.5 Å². The minimum Gasteiger partial charge on any atom is -0.466 e. The lowest BCUT2D eigenvalue weighted by Gasteiger charge is -2.03. The molecule has 142 valence electrons. The first-order chi connectivity index (χ1) is 11.8. The number of carbonyl (C=O) groups is 1. The van der Waals surface area contributed by atoms with Gasteiger partial charge >= 0.3 is 5.97 Å². The van der Waals surface area contributed by atoms with Crippen LogP contribution in [0.2, 0.25) is 0 Å². The summed E-state index contributed by atoms with van der Waals surface area (Å²) in [7, 11) is 0. The fourth-order valence-corrected chi connectivity index (χ4v) is 2.74. The van der Waals surface area contributed by atoms with E-state index in [1.165, 1.54) is 64.2 Å². The molecule has 0 bridgehead atoms. The summed E-state index contributed by atoms with van der Waals surface area (Å²) in [4.78, 5) is 11.4. The zero-order valence-electron chi connectivity index (χ0n) is 16.5. The third-order valence-corrected chi connectivity index (χ3v) is 4.40. The number of hydrogen-bond acceptors (Lipinski definition) is 2. The van der Waals surface area contributed by atoms with Crippen molar-refractivity contribution in [1.29, 1.82) is 0 Å². The predicted octanol–water partition coefficient (Wildman–Crippen LogP) is 7.37. The quantitative estimate of drug-likeness (QED) is 0.148. The normalized spacial score (nSPS) is 11.2. The number of unbranched alkanes of at least 4 members (excludes halogenated alkanes) is 12. The van der Waals surface area contributed by atoms with Gasteiger partial charge in [0.05, 0.1) is 6.61 Å². The zero-order valence-corrected chi connectivity index (χ0v) is 16.5. The van der Waals surface area contributed by atoms with Crippen molar-refractivity contribution in [2.75, 3.05) is 6.61 Å². The van der Waals surface area contributed by atoms with E-state index < -0.39 is 0 Å². The van der Waals surface area contributed by atoms with E-state index >= 15 is 0 Å². The van der Waals surface area contributed by atoms with Crippen molar-refractivity contribution in [3.63, 3.8) is 0 Å². The van der Waals surface area contributed by atoms with Crippen LogP contribution >= 0.6 is 0 Å². The maximum Gasteiger partial charge on any atom is 0.305 e. The highest BCUT2D eigenvalue weighted by molar-refractivity contribution is 5.69. The van der Waals surface area contributed by atoms with Crippen molar-refractivity contribution in [2.45, 2.75) is 117 Å². The summed E-state index contributed by atoms with van der Waals surface area (Å²) in [6.07, 6.45) is 24.1. The Labute approximate surface area is 151 Å². The average Bonchev–Trinajstić information content (AvgIpc) is 2.58. The van der Waals surface area contributed by atoms with Crippen LogP contribution in [0, 0.1) is 0 Å². The molecule has 0 aromatic heterocycles. The van der Waals surface area contributed by atoms with E-state index in [2.05, 4.69) is 26.0 Å². The average molecular weight is 339 g/mol. The van der Waals surface area contributed by atoms with Crippen LogP contribution < -0.4 is 0 Å². The van der Waals surface area contributed by atoms with Gasteiger partial charge in [0.1, 0.15) is 0 Å². The van der Waals surface area contributed by atoms with Crippen LogP contribution in [0.3, 0.4) is 0 Å². The molecule has 0 saturated carbocycles. The van der Waals surface area contributed by atoms with Gasteiger partial charge in [0, 0.05) is 6.42 Å². The van der Waals surface area contributed by atoms with Gasteiger partial charge < -0.3 is 4.74 Å². The second kappa shape index (κ2) is 20.3. The van der Waals surface area contributed by atoms with Gasteiger partial charge in [-0.25, -0.2) is 0 Å². The lowest BCUT2D eigenvalue weighted by Crippen LogP contribution is -2.05. The Kier molecular flexibility index (Phi) is 19.6. The molecule has 0 aliphatic rings. The summed E-state index contributed by atoms with van der Waals surface area (Å²) in [5, 5.41) is 0. The van der Waals surface area contributed by atoms with Crippen molar-refractivity contribution in [3.05, 3.63) is 12.2 Å². The Balaban J connectivity index is 3.17. The van der Waals surface area contributed by atoms with Crippen LogP contribution in [0.1, 0.15) is 117 Å². The van der Waals surface area contributed by atoms with Crippen LogP contribution in [0.5, 0.6) is 0 Å². The van der Waals surface area contributed by atoms with E-state index in [1.807, 2.05) is 0 Å². The van der Waals surface area contributed by atoms with E-state index in [-0.39, 0.29) is 5.97 Å². The largest absolute Gasteiger partial charge is 0.466 e. The van der Waals surface area contributed by atoms with Crippen molar-refractivity contribution in [2.24, 2.45) is 0 Å². The van der Waals surface area contributed by atoms with Crippen LogP contribution in [-0.2, 0) is 9.53 Å². The Morgan fingerprint density at radius 2 is 1.17 bits per heavy atom. The highest BCUT2D eigenvalue weighted by Crippen LogP contribution is 2.10. The molecule has 0 aliphatic carbocycles. The number of hydrogen-bond donors (Lipinski definition) is 0. The molecule has 0 spiro atoms. The van der Waals surface area contributed by atoms with Gasteiger partial charge in [0.15, 0.2) is 0 Å². The standard InChI is InChI=1S/C22H42O2/c1-3-5-7-8-9-10-11-12-13-14-15-16-17-18-19-20-22(23)24-21-6-4-2/h14-15H,3-13,16-21H2,1-2H3. The van der Waals surface area contributed by atoms with Crippen LogP contribution in [0.4, 0.5) is 0 Å². The van der Waals surface area contributed by atoms with Gasteiger partial charge in [-0.1, -0.05) is 83.8 Å². The molecule has 0 aromatic rings. The summed E-state index contributed by atoms with van der Waals surface area (Å²) in [5.74, 6) is -0.0197. The van der Waals surface area contributed by atoms with Crippen molar-refractivity contribution < 1.29 is 9.53 Å². The second-order valence-electron chi connectivity index (χ2n) is 6.91. The number of allylic oxidation sites excluding steroid dienone is 2. The number of ether oxygens (including phenoxy) is 1. The van der Waals surface area contributed by atoms with Gasteiger partial charge in [-0.2, -0.15) is 0 Å². The number of rotatable bonds is 18. The van der Waals surface area contributed by atoms with Gasteiger partial charge in [-0.15, -0.1) is 0 Å². The van der Waals surface area contributed by atoms with E-state index in [0.29, 0.717) is 13.0 Å². The first-order valence-electron chi connectivity index (χ1n) is 10.6. The molecule has 0 radical (unpaired) electrons. The van der Waals surface area contributed by atoms with E-state index in [4.69, 9.17) is 4.74 Å². The summed E-state index contributed by atoms with van der Waals surface area (Å²) in [6, 6.07) is 0. The first kappa shape index (κ1) is 23.2. The van der Waals surface area contributed by atoms with Gasteiger partial charge in [-0.3, -0.25) is 4.79 Å². The molecule has 2 heteroatoms. The molecule has 0 fully saturated rings. The molecule has 0 saturated heterocycles. The monoisotopic (exact) mass is 338 g/mol. The maximum absolute atomic E-state index is 11.4. The van der Waals surface area contributed by atoms with Crippen molar-refractivity contribution >= 4 is 5.97 Å². The summed E-state index contributed by atoms with van der Waals surface area (Å²) < 4.78 is 5.15. The van der Waals surface area contributed by atoms with Crippen molar-refractivity contribution in [3.8, 4) is 0 Å². The summed E-state index contributed by atoms with van der Waals surface area (Å²) in [5.41, 5.74) is 0. The molecule has 0 N–H and O–H groups in total. The Bertz CT molecular complexity index is 284. The Morgan fingerprint density at radius 1 is 0.667 bits per heavy atom. The van der Waals surface area contributed by atoms with Gasteiger partial charge in [0.2, 0.25) is 0 Å². The molecule has 0 rings (SSSR count). The van der Waals surface area contributed by atoms with Crippen molar-refractivity contribution in [1.82, 2.24) is 0 Å². The lowest BCUT2D eigenvalue weighted by atomic mass is 10.1. The molecule has 0 amide bonds. The number of carbonyl (C=O) groups excluding carboxylic acids is 1. The molecule has 24 heavy (non-hydrogen) atoms. The molecule has 0 unspecified atom stereocenters. The van der Waals surface area contributed by atoms with Crippen LogP contribution in [0.25, 0.3) is 0 Å². The minimum absolute atomic E-state index is 0.0197. The molecule has 0 atom stereocenters. The second-order valence-corrected chi connectivity index (χ2v) is 6.91. The summed E-state index contributed by atoms with van der Waals surface area (Å²) in [6.45, 7) is 4.97. The molecule has 0 aromatic carbocycles. The van der Waals surface area contributed by atoms with Crippen LogP contribution in [0.15, 0.2) is 12.2 Å². The smallest absolute Gasteiger partial charge is 0.305 e. The molecule has 0 heterocycles. The Hall–Kier alpha value is -0.790. The van der Waals surface area contributed by atoms with Crippen LogP contribution in [-0.4, -0.2) is 12.6 Å². The third-order valence-electron chi connectivity index (χ3n) is 4.40. The molecule has 0 aliphatic heterocycles. The third kappa shape index (κ3) is 19.3. The lowest BCUT2D eigenvalue weighted by molar-refractivity contribution is -0.143. The molecular weight excluding hydrogens is 296 g/mol. The van der Waals surface area contributed by atoms with E-state index in [0.717, 1.165) is 32.1 Å². The number of esters is 1. The Morgan fingerprint density at radius 3 is 1.75 bits per heavy atom. The summed E-state index contributed by atoms with van der Waals surface area (Å²) >= 11 is 0. The van der Waals surface area contributed by atoms with Gasteiger partial charge in [0.25, 0.3) is 0 Å². The topological polar surface area (TPSA) is 26.3 Å². The van der Waals surface area contributed by atoms with E-state index in [1.54, 1.807) is 0 Å². The molecular formula is C22H42O2. The zero-order chi connectivity index (χ0) is 17.7. The highest BCUT2D eigenvalue weighted by atomic mass is 16.5. The maximum atomic E-state index is 11.4. The SMILES string of the molecule is CCCCCCCCCCC=CCCCCCC(=O)OCCCC. The fraction of sp³-hybridized carbons (Fsp3) is 0.864. The van der Waals surface area contributed by atoms with E-state index in [9.17, 15) is 4.79 Å². The highest BCUT2D eigenvalue weighted by Gasteiger charge is 2.01. The first-order valence-corrected chi connectivity index (χ1v) is 10.6. The predicted molar refractivity (Wildman–Crippen MR) is 105 cm³/mol. The minimum atomic E-state index is -0.0197.